The quantitative estimate of drug-likeness (QED) is 0.0591. The summed E-state index contributed by atoms with van der Waals surface area (Å²) in [7, 11) is 0. The van der Waals surface area contributed by atoms with Crippen molar-refractivity contribution in [3.63, 3.8) is 0 Å². The van der Waals surface area contributed by atoms with E-state index < -0.39 is 61.4 Å². The van der Waals surface area contributed by atoms with E-state index in [1.165, 1.54) is 0 Å². The predicted octanol–water partition coefficient (Wildman–Crippen LogP) is 10.2. The Kier molecular flexibility index (Phi) is 19.3. The maximum absolute atomic E-state index is 12.0. The van der Waals surface area contributed by atoms with Crippen LogP contribution in [0.3, 0.4) is 0 Å². The van der Waals surface area contributed by atoms with Gasteiger partial charge < -0.3 is 52.5 Å². The lowest BCUT2D eigenvalue weighted by molar-refractivity contribution is -0.374. The summed E-state index contributed by atoms with van der Waals surface area (Å²) in [5.41, 5.74) is 6.75. The molecule has 11 heteroatoms. The third-order valence-electron chi connectivity index (χ3n) is 12.7. The molecule has 0 amide bonds. The van der Waals surface area contributed by atoms with E-state index >= 15 is 0 Å². The summed E-state index contributed by atoms with van der Waals surface area (Å²) >= 11 is 0. The van der Waals surface area contributed by atoms with Gasteiger partial charge in [-0.25, -0.2) is 0 Å². The van der Waals surface area contributed by atoms with Crippen molar-refractivity contribution in [2.75, 3.05) is 13.2 Å². The van der Waals surface area contributed by atoms with Gasteiger partial charge >= 0.3 is 0 Å². The average molecular weight is 973 g/mol. The maximum atomic E-state index is 12.0. The molecule has 9 rings (SSSR count). The van der Waals surface area contributed by atoms with E-state index in [9.17, 15) is 5.11 Å². The van der Waals surface area contributed by atoms with Crippen molar-refractivity contribution in [1.82, 2.24) is 0 Å². The van der Waals surface area contributed by atoms with Crippen molar-refractivity contribution in [2.45, 2.75) is 108 Å². The minimum absolute atomic E-state index is 0.0375. The molecule has 7 aromatic rings. The summed E-state index contributed by atoms with van der Waals surface area (Å²) in [6.07, 6.45) is -9.37. The molecule has 0 unspecified atom stereocenters. The molecule has 10 atom stereocenters. The van der Waals surface area contributed by atoms with Gasteiger partial charge in [0.15, 0.2) is 12.6 Å². The van der Waals surface area contributed by atoms with E-state index in [2.05, 4.69) is 0 Å². The highest BCUT2D eigenvalue weighted by molar-refractivity contribution is 5.19. The molecule has 0 radical (unpaired) electrons. The van der Waals surface area contributed by atoms with E-state index in [-0.39, 0.29) is 46.2 Å². The highest BCUT2D eigenvalue weighted by Gasteiger charge is 2.54. The lowest BCUT2D eigenvalue weighted by Crippen LogP contribution is -2.66. The van der Waals surface area contributed by atoms with Crippen LogP contribution in [-0.4, -0.2) is 79.7 Å². The summed E-state index contributed by atoms with van der Waals surface area (Å²) in [5, 5.41) is 12.0. The fourth-order valence-electron chi connectivity index (χ4n) is 8.97. The zero-order valence-electron chi connectivity index (χ0n) is 40.4. The van der Waals surface area contributed by atoms with Crippen molar-refractivity contribution in [3.8, 4) is 0 Å². The van der Waals surface area contributed by atoms with Gasteiger partial charge in [-0.05, 0) is 38.9 Å². The minimum Gasteiger partial charge on any atom is -0.374 e. The third-order valence-corrected chi connectivity index (χ3v) is 12.7. The first kappa shape index (κ1) is 51.0. The van der Waals surface area contributed by atoms with E-state index in [0.29, 0.717) is 13.2 Å². The summed E-state index contributed by atoms with van der Waals surface area (Å²) in [6.45, 7) is 1.91. The van der Waals surface area contributed by atoms with Gasteiger partial charge in [0.1, 0.15) is 48.8 Å². The van der Waals surface area contributed by atoms with Gasteiger partial charge in [-0.2, -0.15) is 0 Å². The Balaban J connectivity index is 1.10. The fraction of sp³-hybridized carbons (Fsp3) is 0.311. The van der Waals surface area contributed by atoms with Crippen LogP contribution < -0.4 is 0 Å². The van der Waals surface area contributed by atoms with Crippen molar-refractivity contribution >= 4 is 0 Å². The van der Waals surface area contributed by atoms with Crippen LogP contribution >= 0.6 is 0 Å². The molecule has 1 N–H and O–H groups in total. The van der Waals surface area contributed by atoms with Crippen molar-refractivity contribution in [1.29, 1.82) is 0 Å². The van der Waals surface area contributed by atoms with E-state index in [4.69, 9.17) is 47.4 Å². The van der Waals surface area contributed by atoms with Crippen LogP contribution in [0.5, 0.6) is 0 Å². The molecule has 2 aliphatic rings. The van der Waals surface area contributed by atoms with Crippen LogP contribution in [0.25, 0.3) is 0 Å². The van der Waals surface area contributed by atoms with Gasteiger partial charge in [0.05, 0.1) is 59.5 Å². The number of aliphatic hydroxyl groups excluding tert-OH is 1. The molecule has 11 nitrogen and oxygen atoms in total. The Morgan fingerprint density at radius 3 is 0.931 bits per heavy atom. The number of ether oxygens (including phenoxy) is 10. The molecule has 2 fully saturated rings. The van der Waals surface area contributed by atoms with E-state index in [1.807, 2.05) is 212 Å². The molecule has 0 spiro atoms. The molecular formula is C61H64O11. The zero-order chi connectivity index (χ0) is 49.0. The van der Waals surface area contributed by atoms with Crippen LogP contribution in [-0.2, 0) is 93.6 Å². The van der Waals surface area contributed by atoms with E-state index in [1.54, 1.807) is 0 Å². The Labute approximate surface area is 423 Å². The standard InChI is InChI=1S/C61H64O11/c62-60-58(68-41-50-32-18-6-19-33-50)57(67-40-49-30-16-5-17-31-49)55(53(70-60)44-64-37-46-24-10-2-11-25-46)72-61-59(69-42-51-34-20-7-21-35-51)56(66-39-48-28-14-4-15-29-48)54(65-38-47-26-12-3-13-27-47)52(71-61)43-63-36-45-22-8-1-9-23-45/h1-35,52-62H,36-44H2/t52-,53-,54-,55-,56+,57+,58-,59+,60+,61+/m1/s1. The molecule has 0 bridgehead atoms. The zero-order valence-corrected chi connectivity index (χ0v) is 40.4. The predicted molar refractivity (Wildman–Crippen MR) is 272 cm³/mol. The summed E-state index contributed by atoms with van der Waals surface area (Å²) < 4.78 is 68.6. The van der Waals surface area contributed by atoms with Gasteiger partial charge in [0, 0.05) is 0 Å². The highest BCUT2D eigenvalue weighted by Crippen LogP contribution is 2.36. The molecule has 2 saturated heterocycles. The maximum Gasteiger partial charge on any atom is 0.187 e. The van der Waals surface area contributed by atoms with Crippen LogP contribution in [0.4, 0.5) is 0 Å². The van der Waals surface area contributed by atoms with E-state index in [0.717, 1.165) is 38.9 Å². The number of aliphatic hydroxyl groups is 1. The Morgan fingerprint density at radius 2 is 0.569 bits per heavy atom. The molecule has 0 saturated carbocycles. The molecule has 0 aliphatic carbocycles. The van der Waals surface area contributed by atoms with Gasteiger partial charge in [-0.15, -0.1) is 0 Å². The van der Waals surface area contributed by atoms with Crippen LogP contribution in [0.2, 0.25) is 0 Å². The second kappa shape index (κ2) is 27.2. The Morgan fingerprint density at radius 1 is 0.292 bits per heavy atom. The molecule has 374 valence electrons. The lowest BCUT2D eigenvalue weighted by atomic mass is 9.95. The average Bonchev–Trinajstić information content (AvgIpc) is 3.43. The van der Waals surface area contributed by atoms with Crippen molar-refractivity contribution in [3.05, 3.63) is 251 Å². The molecule has 7 aromatic carbocycles. The Bertz CT molecular complexity index is 2550. The van der Waals surface area contributed by atoms with Crippen LogP contribution in [0, 0.1) is 0 Å². The minimum atomic E-state index is -1.41. The SMILES string of the molecule is O[C@H]1O[C@H](COCc2ccccc2)[C@@H](O[C@@H]2O[C@H](COCc3ccccc3)[C@@H](OCc3ccccc3)[C@H](OCc3ccccc3)[C@@H]2OCc2ccccc2)[C@H](OCc2ccccc2)[C@H]1OCc1ccccc1. The summed E-state index contributed by atoms with van der Waals surface area (Å²) in [4.78, 5) is 0. The molecular weight excluding hydrogens is 909 g/mol. The second-order valence-corrected chi connectivity index (χ2v) is 18.0. The fourth-order valence-corrected chi connectivity index (χ4v) is 8.97. The second-order valence-electron chi connectivity index (χ2n) is 18.0. The summed E-state index contributed by atoms with van der Waals surface area (Å²) in [6, 6.07) is 69.6. The van der Waals surface area contributed by atoms with Gasteiger partial charge in [0.2, 0.25) is 0 Å². The van der Waals surface area contributed by atoms with Crippen LogP contribution in [0.1, 0.15) is 38.9 Å². The number of hydrogen-bond acceptors (Lipinski definition) is 11. The topological polar surface area (TPSA) is 113 Å². The first-order valence-corrected chi connectivity index (χ1v) is 24.8. The number of hydrogen-bond donors (Lipinski definition) is 1. The van der Waals surface area contributed by atoms with Gasteiger partial charge in [-0.1, -0.05) is 212 Å². The number of benzene rings is 7. The Hall–Kier alpha value is -5.90. The van der Waals surface area contributed by atoms with Crippen molar-refractivity contribution in [2.24, 2.45) is 0 Å². The van der Waals surface area contributed by atoms with Gasteiger partial charge in [0.25, 0.3) is 0 Å². The van der Waals surface area contributed by atoms with Crippen molar-refractivity contribution < 1.29 is 52.5 Å². The molecule has 2 heterocycles. The molecule has 72 heavy (non-hydrogen) atoms. The summed E-state index contributed by atoms with van der Waals surface area (Å²) in [5.74, 6) is 0. The molecule has 2 aliphatic heterocycles. The smallest absolute Gasteiger partial charge is 0.187 e. The number of rotatable bonds is 25. The monoisotopic (exact) mass is 972 g/mol. The largest absolute Gasteiger partial charge is 0.374 e. The third kappa shape index (κ3) is 14.8. The normalized spacial score (nSPS) is 24.2. The van der Waals surface area contributed by atoms with Crippen LogP contribution in [0.15, 0.2) is 212 Å². The first-order chi connectivity index (χ1) is 35.6. The molecule has 0 aromatic heterocycles. The lowest BCUT2D eigenvalue weighted by Gasteiger charge is -2.49. The van der Waals surface area contributed by atoms with Gasteiger partial charge in [-0.3, -0.25) is 0 Å². The first-order valence-electron chi connectivity index (χ1n) is 24.8. The highest BCUT2D eigenvalue weighted by atomic mass is 16.8.